The van der Waals surface area contributed by atoms with Gasteiger partial charge in [0, 0.05) is 6.04 Å². The average molecular weight is 277 g/mol. The van der Waals surface area contributed by atoms with Gasteiger partial charge in [0.15, 0.2) is 0 Å². The molecule has 3 unspecified atom stereocenters. The van der Waals surface area contributed by atoms with Gasteiger partial charge in [0.2, 0.25) is 0 Å². The molecule has 0 heterocycles. The van der Waals surface area contributed by atoms with E-state index in [1.807, 2.05) is 0 Å². The number of nitrogens with zero attached hydrogens (tertiary/aromatic N) is 1. The third-order valence-electron chi connectivity index (χ3n) is 5.55. The lowest BCUT2D eigenvalue weighted by Crippen LogP contribution is -2.44. The lowest BCUT2D eigenvalue weighted by molar-refractivity contribution is 0.115. The van der Waals surface area contributed by atoms with E-state index in [-0.39, 0.29) is 0 Å². The van der Waals surface area contributed by atoms with Crippen molar-refractivity contribution in [3.05, 3.63) is 11.6 Å². The summed E-state index contributed by atoms with van der Waals surface area (Å²) in [5.74, 6) is 2.60. The maximum Gasteiger partial charge on any atom is 0.0178 e. The predicted octanol–water partition coefficient (Wildman–Crippen LogP) is 5.27. The van der Waals surface area contributed by atoms with Gasteiger partial charge in [-0.05, 0) is 57.0 Å². The van der Waals surface area contributed by atoms with E-state index >= 15 is 0 Å². The maximum absolute atomic E-state index is 2.67. The molecule has 1 saturated carbocycles. The Morgan fingerprint density at radius 1 is 1.10 bits per heavy atom. The molecule has 3 atom stereocenters. The summed E-state index contributed by atoms with van der Waals surface area (Å²) in [7, 11) is 2.36. The van der Waals surface area contributed by atoms with Crippen molar-refractivity contribution in [2.24, 2.45) is 17.8 Å². The molecule has 0 saturated heterocycles. The highest BCUT2D eigenvalue weighted by Crippen LogP contribution is 2.43. The minimum atomic E-state index is 0.738. The van der Waals surface area contributed by atoms with Crippen LogP contribution in [0.1, 0.15) is 72.1 Å². The first kappa shape index (κ1) is 16.1. The Kier molecular flexibility index (Phi) is 6.14. The van der Waals surface area contributed by atoms with Gasteiger partial charge in [0.05, 0.1) is 0 Å². The van der Waals surface area contributed by atoms with E-state index in [4.69, 9.17) is 0 Å². The molecule has 0 radical (unpaired) electrons. The molecule has 0 N–H and O–H groups in total. The minimum absolute atomic E-state index is 0.738. The summed E-state index contributed by atoms with van der Waals surface area (Å²) in [6.45, 7) is 8.52. The fourth-order valence-corrected chi connectivity index (χ4v) is 4.59. The fraction of sp³-hybridized carbons (Fsp3) is 0.895. The molecule has 3 aliphatic carbocycles. The molecular weight excluding hydrogens is 242 g/mol. The van der Waals surface area contributed by atoms with Crippen LogP contribution in [0.3, 0.4) is 0 Å². The van der Waals surface area contributed by atoms with Crippen LogP contribution in [0.5, 0.6) is 0 Å². The van der Waals surface area contributed by atoms with E-state index in [1.165, 1.54) is 57.9 Å². The van der Waals surface area contributed by atoms with Crippen LogP contribution in [-0.4, -0.2) is 24.5 Å². The first-order valence-electron chi connectivity index (χ1n) is 9.01. The van der Waals surface area contributed by atoms with E-state index in [1.54, 1.807) is 5.57 Å². The summed E-state index contributed by atoms with van der Waals surface area (Å²) in [6, 6.07) is 0.763. The highest BCUT2D eigenvalue weighted by Gasteiger charge is 2.35. The van der Waals surface area contributed by atoms with Gasteiger partial charge in [-0.25, -0.2) is 0 Å². The zero-order chi connectivity index (χ0) is 14.5. The number of fused-ring (bicyclic) bond motifs is 4. The Bertz CT molecular complexity index is 312. The van der Waals surface area contributed by atoms with Crippen molar-refractivity contribution in [1.82, 2.24) is 4.90 Å². The van der Waals surface area contributed by atoms with Gasteiger partial charge in [0.1, 0.15) is 0 Å². The van der Waals surface area contributed by atoms with Crippen molar-refractivity contribution < 1.29 is 0 Å². The Morgan fingerprint density at radius 2 is 1.80 bits per heavy atom. The third-order valence-corrected chi connectivity index (χ3v) is 5.55. The molecule has 3 aliphatic rings. The summed E-state index contributed by atoms with van der Waals surface area (Å²) in [5.41, 5.74) is 1.75. The zero-order valence-corrected chi connectivity index (χ0v) is 14.2. The Hall–Kier alpha value is -0.300. The van der Waals surface area contributed by atoms with Gasteiger partial charge in [-0.2, -0.15) is 0 Å². The molecule has 1 nitrogen and oxygen atoms in total. The summed E-state index contributed by atoms with van der Waals surface area (Å²) in [5, 5.41) is 0. The molecular formula is C19H35N. The molecule has 2 bridgehead atoms. The van der Waals surface area contributed by atoms with Crippen LogP contribution in [-0.2, 0) is 0 Å². The van der Waals surface area contributed by atoms with Crippen LogP contribution in [0.15, 0.2) is 11.6 Å². The van der Waals surface area contributed by atoms with Gasteiger partial charge in [-0.15, -0.1) is 0 Å². The van der Waals surface area contributed by atoms with Gasteiger partial charge >= 0.3 is 0 Å². The molecule has 0 spiro atoms. The van der Waals surface area contributed by atoms with Crippen molar-refractivity contribution >= 4 is 0 Å². The van der Waals surface area contributed by atoms with Gasteiger partial charge in [0.25, 0.3) is 0 Å². The average Bonchev–Trinajstić information content (AvgIpc) is 2.34. The van der Waals surface area contributed by atoms with E-state index in [0.29, 0.717) is 0 Å². The molecule has 0 amide bonds. The van der Waals surface area contributed by atoms with Crippen molar-refractivity contribution in [1.29, 1.82) is 0 Å². The molecule has 0 aromatic carbocycles. The first-order chi connectivity index (χ1) is 9.61. The molecule has 20 heavy (non-hydrogen) atoms. The minimum Gasteiger partial charge on any atom is -0.303 e. The van der Waals surface area contributed by atoms with Crippen molar-refractivity contribution in [2.75, 3.05) is 13.6 Å². The van der Waals surface area contributed by atoms with Crippen LogP contribution in [0.4, 0.5) is 0 Å². The summed E-state index contributed by atoms with van der Waals surface area (Å²) >= 11 is 0. The SMILES string of the molecule is CCCCCCCN(C)C1C(C)C=C2CC(C2)CC1C. The standard InChI is InChI=1S/C19H35N/c1-5-6-7-8-9-10-20(4)19-15(2)11-17-13-18(14-17)12-16(19)3/h11,15-16,18-19H,5-10,12-14H2,1-4H3. The van der Waals surface area contributed by atoms with E-state index in [2.05, 4.69) is 38.8 Å². The second-order valence-electron chi connectivity index (χ2n) is 7.56. The highest BCUT2D eigenvalue weighted by atomic mass is 15.1. The molecule has 1 heteroatoms. The lowest BCUT2D eigenvalue weighted by Gasteiger charge is -2.43. The van der Waals surface area contributed by atoms with Crippen LogP contribution < -0.4 is 0 Å². The summed E-state index contributed by atoms with van der Waals surface area (Å²) < 4.78 is 0. The van der Waals surface area contributed by atoms with Gasteiger partial charge in [-0.3, -0.25) is 0 Å². The van der Waals surface area contributed by atoms with Crippen molar-refractivity contribution in [2.45, 2.75) is 78.2 Å². The molecule has 1 fully saturated rings. The van der Waals surface area contributed by atoms with Gasteiger partial charge < -0.3 is 4.90 Å². The quantitative estimate of drug-likeness (QED) is 0.452. The molecule has 0 aromatic heterocycles. The Morgan fingerprint density at radius 3 is 2.50 bits per heavy atom. The lowest BCUT2D eigenvalue weighted by atomic mass is 9.68. The second kappa shape index (κ2) is 7.64. The smallest absolute Gasteiger partial charge is 0.0178 e. The number of unbranched alkanes of at least 4 members (excludes halogenated alkanes) is 4. The fourth-order valence-electron chi connectivity index (χ4n) is 4.59. The molecule has 3 rings (SSSR count). The predicted molar refractivity (Wildman–Crippen MR) is 88.9 cm³/mol. The Labute approximate surface area is 126 Å². The first-order valence-corrected chi connectivity index (χ1v) is 9.01. The van der Waals surface area contributed by atoms with Gasteiger partial charge in [-0.1, -0.05) is 58.1 Å². The van der Waals surface area contributed by atoms with Crippen molar-refractivity contribution in [3.8, 4) is 0 Å². The molecule has 0 aliphatic heterocycles. The molecule has 116 valence electrons. The summed E-state index contributed by atoms with van der Waals surface area (Å²) in [6.07, 6.45) is 13.8. The topological polar surface area (TPSA) is 3.24 Å². The van der Waals surface area contributed by atoms with E-state index < -0.39 is 0 Å². The largest absolute Gasteiger partial charge is 0.303 e. The zero-order valence-electron chi connectivity index (χ0n) is 14.2. The van der Waals surface area contributed by atoms with E-state index in [9.17, 15) is 0 Å². The second-order valence-corrected chi connectivity index (χ2v) is 7.56. The normalized spacial score (nSPS) is 33.4. The monoisotopic (exact) mass is 277 g/mol. The van der Waals surface area contributed by atoms with Crippen LogP contribution >= 0.6 is 0 Å². The number of allylic oxidation sites excluding steroid dienone is 1. The van der Waals surface area contributed by atoms with E-state index in [0.717, 1.165) is 23.8 Å². The Balaban J connectivity index is 1.83. The van der Waals surface area contributed by atoms with Crippen molar-refractivity contribution in [3.63, 3.8) is 0 Å². The maximum atomic E-state index is 2.67. The molecule has 0 aromatic rings. The number of hydrogen-bond acceptors (Lipinski definition) is 1. The third kappa shape index (κ3) is 4.10. The summed E-state index contributed by atoms with van der Waals surface area (Å²) in [4.78, 5) is 2.67. The number of hydrogen-bond donors (Lipinski definition) is 0. The highest BCUT2D eigenvalue weighted by molar-refractivity contribution is 5.17. The number of rotatable bonds is 7. The van der Waals surface area contributed by atoms with Crippen LogP contribution in [0.25, 0.3) is 0 Å². The van der Waals surface area contributed by atoms with Crippen LogP contribution in [0, 0.1) is 17.8 Å². The van der Waals surface area contributed by atoms with Crippen LogP contribution in [0.2, 0.25) is 0 Å².